The van der Waals surface area contributed by atoms with Crippen LogP contribution < -0.4 is 10.5 Å². The molecule has 0 spiro atoms. The maximum atomic E-state index is 6.34. The van der Waals surface area contributed by atoms with E-state index in [1.807, 2.05) is 39.1 Å². The van der Waals surface area contributed by atoms with E-state index >= 15 is 0 Å². The first-order valence-corrected chi connectivity index (χ1v) is 9.45. The van der Waals surface area contributed by atoms with Gasteiger partial charge in [-0.15, -0.1) is 0 Å². The standard InChI is InChI=1S/C20H26ClN5O/c1-12(2)9-20(5,22)11-27-17-7-6-16(24-14(17)4)15-8-18(21)25-26-10-13(3)23-19(15)26/h6-8,10,12H,9,11,22H2,1-5H3/t20-/m0/s1. The van der Waals surface area contributed by atoms with Crippen molar-refractivity contribution >= 4 is 17.2 Å². The van der Waals surface area contributed by atoms with Crippen molar-refractivity contribution in [1.82, 2.24) is 19.6 Å². The minimum atomic E-state index is -0.378. The Morgan fingerprint density at radius 1 is 1.26 bits per heavy atom. The quantitative estimate of drug-likeness (QED) is 0.685. The summed E-state index contributed by atoms with van der Waals surface area (Å²) >= 11 is 6.17. The summed E-state index contributed by atoms with van der Waals surface area (Å²) in [7, 11) is 0. The molecule has 0 saturated heterocycles. The van der Waals surface area contributed by atoms with Crippen LogP contribution in [0.15, 0.2) is 24.4 Å². The highest BCUT2D eigenvalue weighted by molar-refractivity contribution is 6.29. The zero-order valence-corrected chi connectivity index (χ0v) is 17.2. The fraction of sp³-hybridized carbons (Fsp3) is 0.450. The van der Waals surface area contributed by atoms with Crippen molar-refractivity contribution in [3.05, 3.63) is 40.9 Å². The van der Waals surface area contributed by atoms with Gasteiger partial charge in [0.2, 0.25) is 0 Å². The number of halogens is 1. The minimum absolute atomic E-state index is 0.378. The Bertz CT molecular complexity index is 964. The van der Waals surface area contributed by atoms with Crippen LogP contribution in [0.1, 0.15) is 38.6 Å². The SMILES string of the molecule is Cc1cn2nc(Cl)cc(-c3ccc(OC[C@@](C)(N)CC(C)C)c(C)n3)c2n1. The minimum Gasteiger partial charge on any atom is -0.490 e. The Balaban J connectivity index is 1.87. The maximum Gasteiger partial charge on any atom is 0.163 e. The molecule has 144 valence electrons. The summed E-state index contributed by atoms with van der Waals surface area (Å²) in [6, 6.07) is 5.61. The molecule has 27 heavy (non-hydrogen) atoms. The van der Waals surface area contributed by atoms with E-state index in [-0.39, 0.29) is 5.54 Å². The fourth-order valence-corrected chi connectivity index (χ4v) is 3.52. The van der Waals surface area contributed by atoms with Crippen LogP contribution in [-0.4, -0.2) is 31.7 Å². The molecule has 6 nitrogen and oxygen atoms in total. The van der Waals surface area contributed by atoms with E-state index in [0.717, 1.165) is 40.5 Å². The first kappa shape index (κ1) is 19.6. The second kappa shape index (κ2) is 7.44. The van der Waals surface area contributed by atoms with Crippen molar-refractivity contribution in [3.8, 4) is 17.0 Å². The van der Waals surface area contributed by atoms with Gasteiger partial charge in [0.15, 0.2) is 10.8 Å². The van der Waals surface area contributed by atoms with Crippen LogP contribution in [-0.2, 0) is 0 Å². The number of nitrogens with zero attached hydrogens (tertiary/aromatic N) is 4. The van der Waals surface area contributed by atoms with Crippen LogP contribution in [0.3, 0.4) is 0 Å². The van der Waals surface area contributed by atoms with Crippen LogP contribution >= 0.6 is 11.6 Å². The summed E-state index contributed by atoms with van der Waals surface area (Å²) in [4.78, 5) is 9.23. The summed E-state index contributed by atoms with van der Waals surface area (Å²) in [6.45, 7) is 10.6. The lowest BCUT2D eigenvalue weighted by molar-refractivity contribution is 0.205. The van der Waals surface area contributed by atoms with Crippen molar-refractivity contribution < 1.29 is 4.74 Å². The number of aromatic nitrogens is 4. The van der Waals surface area contributed by atoms with Crippen LogP contribution in [0.2, 0.25) is 5.15 Å². The maximum absolute atomic E-state index is 6.34. The molecule has 0 unspecified atom stereocenters. The summed E-state index contributed by atoms with van der Waals surface area (Å²) in [5.74, 6) is 1.25. The molecule has 0 aromatic carbocycles. The second-order valence-electron chi connectivity index (χ2n) is 7.85. The van der Waals surface area contributed by atoms with Gasteiger partial charge in [-0.3, -0.25) is 0 Å². The van der Waals surface area contributed by atoms with Crippen LogP contribution in [0, 0.1) is 19.8 Å². The van der Waals surface area contributed by atoms with Gasteiger partial charge in [0.25, 0.3) is 0 Å². The Hall–Kier alpha value is -2.18. The van der Waals surface area contributed by atoms with Crippen molar-refractivity contribution in [2.24, 2.45) is 11.7 Å². The Labute approximate surface area is 164 Å². The second-order valence-corrected chi connectivity index (χ2v) is 8.24. The van der Waals surface area contributed by atoms with E-state index in [9.17, 15) is 0 Å². The van der Waals surface area contributed by atoms with Gasteiger partial charge in [-0.05, 0) is 51.3 Å². The van der Waals surface area contributed by atoms with Crippen molar-refractivity contribution in [2.75, 3.05) is 6.61 Å². The third kappa shape index (κ3) is 4.57. The number of aryl methyl sites for hydroxylation is 2. The molecule has 3 heterocycles. The fourth-order valence-electron chi connectivity index (χ4n) is 3.33. The van der Waals surface area contributed by atoms with E-state index in [1.54, 1.807) is 10.6 Å². The molecule has 0 bridgehead atoms. The zero-order valence-electron chi connectivity index (χ0n) is 16.5. The molecule has 0 saturated carbocycles. The topological polar surface area (TPSA) is 78.3 Å². The van der Waals surface area contributed by atoms with Gasteiger partial charge < -0.3 is 10.5 Å². The summed E-state index contributed by atoms with van der Waals surface area (Å²) in [5, 5.41) is 4.65. The lowest BCUT2D eigenvalue weighted by atomic mass is 9.93. The van der Waals surface area contributed by atoms with E-state index in [1.165, 1.54) is 0 Å². The van der Waals surface area contributed by atoms with E-state index in [4.69, 9.17) is 27.1 Å². The molecule has 0 aliphatic rings. The smallest absolute Gasteiger partial charge is 0.163 e. The molecule has 3 rings (SSSR count). The molecule has 0 aliphatic carbocycles. The molecule has 0 amide bonds. The summed E-state index contributed by atoms with van der Waals surface area (Å²) in [5.41, 5.74) is 9.96. The predicted octanol–water partition coefficient (Wildman–Crippen LogP) is 4.20. The van der Waals surface area contributed by atoms with Crippen LogP contribution in [0.4, 0.5) is 0 Å². The number of ether oxygens (including phenoxy) is 1. The lowest BCUT2D eigenvalue weighted by Gasteiger charge is -2.27. The van der Waals surface area contributed by atoms with Gasteiger partial charge in [0.1, 0.15) is 12.4 Å². The largest absolute Gasteiger partial charge is 0.490 e. The Morgan fingerprint density at radius 3 is 2.67 bits per heavy atom. The number of hydrogen-bond donors (Lipinski definition) is 1. The number of nitrogens with two attached hydrogens (primary N) is 1. The first-order chi connectivity index (χ1) is 12.6. The van der Waals surface area contributed by atoms with Gasteiger partial charge in [-0.2, -0.15) is 5.10 Å². The predicted molar refractivity (Wildman–Crippen MR) is 108 cm³/mol. The molecule has 1 atom stereocenters. The highest BCUT2D eigenvalue weighted by Gasteiger charge is 2.22. The molecule has 3 aromatic rings. The van der Waals surface area contributed by atoms with Gasteiger partial charge in [0.05, 0.1) is 23.3 Å². The van der Waals surface area contributed by atoms with Gasteiger partial charge in [-0.25, -0.2) is 14.5 Å². The zero-order chi connectivity index (χ0) is 19.8. The number of pyridine rings is 1. The molecule has 0 radical (unpaired) electrons. The Morgan fingerprint density at radius 2 is 2.00 bits per heavy atom. The van der Waals surface area contributed by atoms with Gasteiger partial charge in [-0.1, -0.05) is 25.4 Å². The number of rotatable bonds is 6. The third-order valence-corrected chi connectivity index (χ3v) is 4.45. The molecule has 3 aromatic heterocycles. The average Bonchev–Trinajstić information content (AvgIpc) is 2.91. The van der Waals surface area contributed by atoms with Gasteiger partial charge in [0, 0.05) is 11.1 Å². The first-order valence-electron chi connectivity index (χ1n) is 9.07. The number of fused-ring (bicyclic) bond motifs is 1. The molecular formula is C20H26ClN5O. The normalized spacial score (nSPS) is 13.9. The number of imidazole rings is 1. The average molecular weight is 388 g/mol. The molecule has 0 aliphatic heterocycles. The van der Waals surface area contributed by atoms with Crippen molar-refractivity contribution in [3.63, 3.8) is 0 Å². The van der Waals surface area contributed by atoms with Crippen molar-refractivity contribution in [2.45, 2.75) is 46.6 Å². The van der Waals surface area contributed by atoms with E-state index < -0.39 is 0 Å². The lowest BCUT2D eigenvalue weighted by Crippen LogP contribution is -2.43. The molecule has 2 N–H and O–H groups in total. The molecular weight excluding hydrogens is 362 g/mol. The summed E-state index contributed by atoms with van der Waals surface area (Å²) < 4.78 is 7.64. The third-order valence-electron chi connectivity index (χ3n) is 4.26. The van der Waals surface area contributed by atoms with E-state index in [2.05, 4.69) is 23.9 Å². The van der Waals surface area contributed by atoms with E-state index in [0.29, 0.717) is 17.7 Å². The highest BCUT2D eigenvalue weighted by Crippen LogP contribution is 2.28. The van der Waals surface area contributed by atoms with Crippen LogP contribution in [0.25, 0.3) is 16.9 Å². The highest BCUT2D eigenvalue weighted by atomic mass is 35.5. The summed E-state index contributed by atoms with van der Waals surface area (Å²) in [6.07, 6.45) is 2.73. The molecule has 7 heteroatoms. The van der Waals surface area contributed by atoms with Crippen molar-refractivity contribution in [1.29, 1.82) is 0 Å². The van der Waals surface area contributed by atoms with Gasteiger partial charge >= 0.3 is 0 Å². The monoisotopic (exact) mass is 387 g/mol. The van der Waals surface area contributed by atoms with Crippen LogP contribution in [0.5, 0.6) is 5.75 Å². The molecule has 0 fully saturated rings. The Kier molecular flexibility index (Phi) is 5.40. The number of hydrogen-bond acceptors (Lipinski definition) is 5.